The Balaban J connectivity index is 2.67. The van der Waals surface area contributed by atoms with Gasteiger partial charge in [0.25, 0.3) is 0 Å². The van der Waals surface area contributed by atoms with Crippen LogP contribution in [0.25, 0.3) is 0 Å². The lowest BCUT2D eigenvalue weighted by molar-refractivity contribution is 0.388. The number of nitrogens with two attached hydrogens (primary N) is 1. The second-order valence-electron chi connectivity index (χ2n) is 6.21. The van der Waals surface area contributed by atoms with Gasteiger partial charge in [-0.15, -0.1) is 11.3 Å². The van der Waals surface area contributed by atoms with Gasteiger partial charge in [-0.05, 0) is 28.8 Å². The highest BCUT2D eigenvalue weighted by atomic mass is 32.2. The van der Waals surface area contributed by atoms with Crippen LogP contribution in [0.15, 0.2) is 11.4 Å². The largest absolute Gasteiger partial charge is 0.320 e. The normalized spacial score (nSPS) is 12.3. The number of sulfonamides is 1. The molecule has 0 aromatic carbocycles. The van der Waals surface area contributed by atoms with Gasteiger partial charge in [-0.1, -0.05) is 32.6 Å². The van der Waals surface area contributed by atoms with E-state index in [0.717, 1.165) is 10.4 Å². The second kappa shape index (κ2) is 7.41. The summed E-state index contributed by atoms with van der Waals surface area (Å²) in [5, 5.41) is 1.94. The molecule has 0 fully saturated rings. The van der Waals surface area contributed by atoms with Crippen LogP contribution in [0.1, 0.15) is 37.6 Å². The Kier molecular flexibility index (Phi) is 6.41. The lowest BCUT2D eigenvalue weighted by Crippen LogP contribution is -2.30. The van der Waals surface area contributed by atoms with E-state index in [9.17, 15) is 8.42 Å². The number of hydrogen-bond acceptors (Lipinski definition) is 4. The SMILES string of the molecule is CN(Cc1csc(C#CCN)c1)S(=O)(=O)CCC(C)(C)C. The first kappa shape index (κ1) is 18.2. The van der Waals surface area contributed by atoms with E-state index in [1.54, 1.807) is 7.05 Å². The van der Waals surface area contributed by atoms with E-state index < -0.39 is 10.0 Å². The van der Waals surface area contributed by atoms with Gasteiger partial charge in [0, 0.05) is 13.6 Å². The average Bonchev–Trinajstić information content (AvgIpc) is 2.81. The Labute approximate surface area is 132 Å². The Morgan fingerprint density at radius 3 is 2.62 bits per heavy atom. The maximum Gasteiger partial charge on any atom is 0.214 e. The molecule has 0 bridgehead atoms. The Bertz CT molecular complexity index is 616. The van der Waals surface area contributed by atoms with Crippen LogP contribution in [0.5, 0.6) is 0 Å². The van der Waals surface area contributed by atoms with E-state index >= 15 is 0 Å². The minimum Gasteiger partial charge on any atom is -0.320 e. The standard InChI is InChI=1S/C15H24N2O2S2/c1-15(2,3)7-9-21(18,19)17(4)11-13-10-14(20-12-13)6-5-8-16/h10,12H,7-9,11,16H2,1-4H3. The molecular formula is C15H24N2O2S2. The summed E-state index contributed by atoms with van der Waals surface area (Å²) >= 11 is 1.51. The summed E-state index contributed by atoms with van der Waals surface area (Å²) in [6, 6.07) is 1.92. The molecular weight excluding hydrogens is 304 g/mol. The van der Waals surface area contributed by atoms with Crippen molar-refractivity contribution in [3.8, 4) is 11.8 Å². The summed E-state index contributed by atoms with van der Waals surface area (Å²) in [6.45, 7) is 6.85. The van der Waals surface area contributed by atoms with E-state index in [1.807, 2.05) is 32.2 Å². The lowest BCUT2D eigenvalue weighted by Gasteiger charge is -2.21. The molecule has 1 aromatic heterocycles. The first-order valence-electron chi connectivity index (χ1n) is 6.84. The molecule has 0 atom stereocenters. The molecule has 21 heavy (non-hydrogen) atoms. The first-order chi connectivity index (χ1) is 9.64. The molecule has 0 aliphatic heterocycles. The lowest BCUT2D eigenvalue weighted by atomic mass is 9.94. The quantitative estimate of drug-likeness (QED) is 0.843. The first-order valence-corrected chi connectivity index (χ1v) is 9.33. The fourth-order valence-electron chi connectivity index (χ4n) is 1.61. The van der Waals surface area contributed by atoms with Crippen molar-refractivity contribution >= 4 is 21.4 Å². The third-order valence-corrected chi connectivity index (χ3v) is 5.65. The molecule has 2 N–H and O–H groups in total. The molecule has 0 aliphatic rings. The molecule has 0 saturated carbocycles. The maximum absolute atomic E-state index is 12.2. The molecule has 0 aliphatic carbocycles. The van der Waals surface area contributed by atoms with Crippen molar-refractivity contribution < 1.29 is 8.42 Å². The molecule has 1 rings (SSSR count). The summed E-state index contributed by atoms with van der Waals surface area (Å²) < 4.78 is 25.9. The Morgan fingerprint density at radius 2 is 2.05 bits per heavy atom. The van der Waals surface area contributed by atoms with Crippen LogP contribution in [0, 0.1) is 17.3 Å². The van der Waals surface area contributed by atoms with Crippen LogP contribution in [0.2, 0.25) is 0 Å². The van der Waals surface area contributed by atoms with Crippen LogP contribution in [-0.2, 0) is 16.6 Å². The monoisotopic (exact) mass is 328 g/mol. The highest BCUT2D eigenvalue weighted by molar-refractivity contribution is 7.89. The summed E-state index contributed by atoms with van der Waals surface area (Å²) in [7, 11) is -1.59. The van der Waals surface area contributed by atoms with Crippen LogP contribution >= 0.6 is 11.3 Å². The smallest absolute Gasteiger partial charge is 0.214 e. The van der Waals surface area contributed by atoms with Gasteiger partial charge < -0.3 is 5.73 Å². The van der Waals surface area contributed by atoms with Gasteiger partial charge in [0.1, 0.15) is 0 Å². The summed E-state index contributed by atoms with van der Waals surface area (Å²) in [4.78, 5) is 0.913. The number of hydrogen-bond donors (Lipinski definition) is 1. The number of rotatable bonds is 5. The Morgan fingerprint density at radius 1 is 1.38 bits per heavy atom. The molecule has 1 aromatic rings. The third-order valence-electron chi connectivity index (χ3n) is 2.96. The van der Waals surface area contributed by atoms with E-state index in [4.69, 9.17) is 5.73 Å². The molecule has 6 heteroatoms. The average molecular weight is 329 g/mol. The highest BCUT2D eigenvalue weighted by Crippen LogP contribution is 2.21. The van der Waals surface area contributed by atoms with Gasteiger partial charge in [-0.2, -0.15) is 0 Å². The summed E-state index contributed by atoms with van der Waals surface area (Å²) in [5.41, 5.74) is 6.31. The zero-order valence-corrected chi connectivity index (χ0v) is 14.8. The minimum absolute atomic E-state index is 0.0152. The molecule has 118 valence electrons. The third kappa shape index (κ3) is 6.62. The van der Waals surface area contributed by atoms with Crippen molar-refractivity contribution in [3.63, 3.8) is 0 Å². The van der Waals surface area contributed by atoms with Crippen LogP contribution in [-0.4, -0.2) is 32.1 Å². The van der Waals surface area contributed by atoms with E-state index in [-0.39, 0.29) is 11.2 Å². The van der Waals surface area contributed by atoms with E-state index in [0.29, 0.717) is 19.5 Å². The molecule has 0 spiro atoms. The fourth-order valence-corrected chi connectivity index (χ4v) is 3.91. The van der Waals surface area contributed by atoms with E-state index in [2.05, 4.69) is 11.8 Å². The predicted molar refractivity (Wildman–Crippen MR) is 89.6 cm³/mol. The van der Waals surface area contributed by atoms with Crippen LogP contribution in [0.4, 0.5) is 0 Å². The second-order valence-corrected chi connectivity index (χ2v) is 9.31. The molecule has 1 heterocycles. The van der Waals surface area contributed by atoms with Gasteiger partial charge >= 0.3 is 0 Å². The van der Waals surface area contributed by atoms with Gasteiger partial charge in [0.05, 0.1) is 17.2 Å². The molecule has 0 unspecified atom stereocenters. The Hall–Kier alpha value is -0.870. The van der Waals surface area contributed by atoms with Crippen LogP contribution in [0.3, 0.4) is 0 Å². The van der Waals surface area contributed by atoms with Crippen LogP contribution < -0.4 is 5.73 Å². The van der Waals surface area contributed by atoms with Gasteiger partial charge in [-0.25, -0.2) is 12.7 Å². The van der Waals surface area contributed by atoms with Crippen molar-refractivity contribution in [2.45, 2.75) is 33.7 Å². The van der Waals surface area contributed by atoms with E-state index in [1.165, 1.54) is 15.6 Å². The zero-order valence-electron chi connectivity index (χ0n) is 13.1. The topological polar surface area (TPSA) is 63.4 Å². The molecule has 0 amide bonds. The number of thiophene rings is 1. The fraction of sp³-hybridized carbons (Fsp3) is 0.600. The molecule has 0 saturated heterocycles. The highest BCUT2D eigenvalue weighted by Gasteiger charge is 2.22. The molecule has 0 radical (unpaired) electrons. The van der Waals surface area contributed by atoms with Gasteiger partial charge in [0.2, 0.25) is 10.0 Å². The number of nitrogens with zero attached hydrogens (tertiary/aromatic N) is 1. The minimum atomic E-state index is -3.22. The van der Waals surface area contributed by atoms with Gasteiger partial charge in [-0.3, -0.25) is 0 Å². The van der Waals surface area contributed by atoms with Crippen molar-refractivity contribution in [1.29, 1.82) is 0 Å². The van der Waals surface area contributed by atoms with Crippen molar-refractivity contribution in [2.24, 2.45) is 11.1 Å². The molecule has 4 nitrogen and oxygen atoms in total. The zero-order chi connectivity index (χ0) is 16.1. The predicted octanol–water partition coefficient (Wildman–Crippen LogP) is 2.26. The maximum atomic E-state index is 12.2. The summed E-state index contributed by atoms with van der Waals surface area (Å²) in [5.74, 6) is 5.93. The van der Waals surface area contributed by atoms with Crippen molar-refractivity contribution in [3.05, 3.63) is 21.9 Å². The van der Waals surface area contributed by atoms with Crippen molar-refractivity contribution in [2.75, 3.05) is 19.3 Å². The van der Waals surface area contributed by atoms with Gasteiger partial charge in [0.15, 0.2) is 0 Å². The van der Waals surface area contributed by atoms with Crippen molar-refractivity contribution in [1.82, 2.24) is 4.31 Å². The summed E-state index contributed by atoms with van der Waals surface area (Å²) in [6.07, 6.45) is 0.649.